The van der Waals surface area contributed by atoms with Crippen molar-refractivity contribution in [2.45, 2.75) is 11.8 Å². The van der Waals surface area contributed by atoms with Gasteiger partial charge in [0, 0.05) is 7.05 Å². The Bertz CT molecular complexity index is 242. The van der Waals surface area contributed by atoms with E-state index in [0.29, 0.717) is 5.82 Å². The van der Waals surface area contributed by atoms with Gasteiger partial charge in [0.15, 0.2) is 5.82 Å². The summed E-state index contributed by atoms with van der Waals surface area (Å²) in [5.74, 6) is 5.77. The molecule has 0 saturated carbocycles. The second-order valence-corrected chi connectivity index (χ2v) is 2.50. The van der Waals surface area contributed by atoms with E-state index in [9.17, 15) is 0 Å². The zero-order valence-electron chi connectivity index (χ0n) is 5.92. The zero-order valence-corrected chi connectivity index (χ0v) is 6.81. The van der Waals surface area contributed by atoms with E-state index in [0.717, 1.165) is 10.6 Å². The number of nitrogens with one attached hydrogen (secondary N) is 1. The first-order chi connectivity index (χ1) is 4.66. The Hall–Kier alpha value is -0.680. The number of rotatable bonds is 1. The fourth-order valence-corrected chi connectivity index (χ4v) is 0.948. The molecule has 1 aromatic rings. The molecular weight excluding hydrogens is 148 g/mol. The molecule has 0 aliphatic rings. The number of hydrazine groups is 1. The minimum atomic E-state index is 0.614. The topological polar surface area (TPSA) is 55.9 Å². The highest BCUT2D eigenvalue weighted by atomic mass is 32.1. The Morgan fingerprint density at radius 1 is 1.70 bits per heavy atom. The number of aryl methyl sites for hydroxylation is 1. The predicted octanol–water partition coefficient (Wildman–Crippen LogP) is 0.303. The molecule has 0 atom stereocenters. The Kier molecular flexibility index (Phi) is 1.87. The number of nitrogen functional groups attached to an aromatic ring is 1. The number of aromatic nitrogens is 2. The van der Waals surface area contributed by atoms with Gasteiger partial charge in [-0.05, 0) is 6.92 Å². The maximum absolute atomic E-state index is 5.16. The lowest BCUT2D eigenvalue weighted by atomic mass is 10.4. The van der Waals surface area contributed by atoms with E-state index in [1.165, 1.54) is 0 Å². The number of thiol groups is 1. The molecule has 0 aliphatic heterocycles. The number of hydrogen-bond donors (Lipinski definition) is 3. The predicted molar refractivity (Wildman–Crippen MR) is 43.0 cm³/mol. The maximum atomic E-state index is 5.16. The van der Waals surface area contributed by atoms with Crippen LogP contribution in [0.5, 0.6) is 0 Å². The van der Waals surface area contributed by atoms with Crippen LogP contribution in [0.2, 0.25) is 0 Å². The number of hydrogen-bond acceptors (Lipinski definition) is 4. The van der Waals surface area contributed by atoms with Crippen LogP contribution in [0.3, 0.4) is 0 Å². The molecule has 0 unspecified atom stereocenters. The highest BCUT2D eigenvalue weighted by Crippen LogP contribution is 2.20. The molecule has 0 saturated heterocycles. The summed E-state index contributed by atoms with van der Waals surface area (Å²) in [6, 6.07) is 0. The van der Waals surface area contributed by atoms with Crippen LogP contribution in [-0.4, -0.2) is 9.78 Å². The second kappa shape index (κ2) is 2.51. The van der Waals surface area contributed by atoms with E-state index in [1.54, 1.807) is 4.68 Å². The molecule has 0 radical (unpaired) electrons. The van der Waals surface area contributed by atoms with Gasteiger partial charge in [-0.2, -0.15) is 5.10 Å². The van der Waals surface area contributed by atoms with Crippen molar-refractivity contribution in [2.24, 2.45) is 12.9 Å². The van der Waals surface area contributed by atoms with Gasteiger partial charge in [0.2, 0.25) is 0 Å². The van der Waals surface area contributed by atoms with Crippen LogP contribution in [0.1, 0.15) is 5.69 Å². The molecular formula is C5H10N4S. The standard InChI is InChI=1S/C5H10N4S/c1-3-4(10)5(7-6)8-9(3)2/h10H,6H2,1-2H3,(H,7,8). The second-order valence-electron chi connectivity index (χ2n) is 2.05. The monoisotopic (exact) mass is 158 g/mol. The molecule has 0 spiro atoms. The average Bonchev–Trinajstić information content (AvgIpc) is 2.17. The van der Waals surface area contributed by atoms with Crippen LogP contribution in [0.15, 0.2) is 4.90 Å². The molecule has 0 fully saturated rings. The van der Waals surface area contributed by atoms with Gasteiger partial charge in [-0.25, -0.2) is 5.84 Å². The highest BCUT2D eigenvalue weighted by Gasteiger charge is 2.06. The average molecular weight is 158 g/mol. The lowest BCUT2D eigenvalue weighted by Crippen LogP contribution is -2.08. The normalized spacial score (nSPS) is 10.0. The van der Waals surface area contributed by atoms with Crippen molar-refractivity contribution < 1.29 is 0 Å². The van der Waals surface area contributed by atoms with Gasteiger partial charge in [0.1, 0.15) is 0 Å². The third kappa shape index (κ3) is 0.975. The van der Waals surface area contributed by atoms with Crippen molar-refractivity contribution >= 4 is 18.4 Å². The zero-order chi connectivity index (χ0) is 7.72. The van der Waals surface area contributed by atoms with Crippen LogP contribution in [-0.2, 0) is 7.05 Å². The van der Waals surface area contributed by atoms with Crippen LogP contribution in [0, 0.1) is 6.92 Å². The molecule has 0 aliphatic carbocycles. The van der Waals surface area contributed by atoms with Crippen LogP contribution >= 0.6 is 12.6 Å². The summed E-state index contributed by atoms with van der Waals surface area (Å²) in [6.45, 7) is 1.93. The summed E-state index contributed by atoms with van der Waals surface area (Å²) in [5.41, 5.74) is 3.45. The molecule has 1 heterocycles. The summed E-state index contributed by atoms with van der Waals surface area (Å²) in [6.07, 6.45) is 0. The number of nitrogens with two attached hydrogens (primary N) is 1. The Morgan fingerprint density at radius 3 is 2.50 bits per heavy atom. The Labute approximate surface area is 64.8 Å². The molecule has 56 valence electrons. The van der Waals surface area contributed by atoms with E-state index < -0.39 is 0 Å². The van der Waals surface area contributed by atoms with Gasteiger partial charge in [0.25, 0.3) is 0 Å². The summed E-state index contributed by atoms with van der Waals surface area (Å²) >= 11 is 4.19. The van der Waals surface area contributed by atoms with Gasteiger partial charge in [-0.15, -0.1) is 12.6 Å². The van der Waals surface area contributed by atoms with Crippen molar-refractivity contribution in [3.63, 3.8) is 0 Å². The highest BCUT2D eigenvalue weighted by molar-refractivity contribution is 7.80. The Balaban J connectivity index is 3.17. The molecule has 10 heavy (non-hydrogen) atoms. The first kappa shape index (κ1) is 7.43. The van der Waals surface area contributed by atoms with Crippen LogP contribution < -0.4 is 11.3 Å². The fraction of sp³-hybridized carbons (Fsp3) is 0.400. The fourth-order valence-electron chi connectivity index (χ4n) is 0.694. The summed E-state index contributed by atoms with van der Waals surface area (Å²) in [5, 5.41) is 4.03. The molecule has 4 nitrogen and oxygen atoms in total. The maximum Gasteiger partial charge on any atom is 0.175 e. The molecule has 1 aromatic heterocycles. The molecule has 0 bridgehead atoms. The smallest absolute Gasteiger partial charge is 0.175 e. The Morgan fingerprint density at radius 2 is 2.30 bits per heavy atom. The molecule has 0 aromatic carbocycles. The minimum Gasteiger partial charge on any atom is -0.306 e. The van der Waals surface area contributed by atoms with E-state index in [2.05, 4.69) is 23.2 Å². The summed E-state index contributed by atoms with van der Waals surface area (Å²) in [4.78, 5) is 0.796. The van der Waals surface area contributed by atoms with Gasteiger partial charge in [-0.3, -0.25) is 4.68 Å². The molecule has 5 heteroatoms. The first-order valence-electron chi connectivity index (χ1n) is 2.86. The number of nitrogens with zero attached hydrogens (tertiary/aromatic N) is 2. The third-order valence-corrected chi connectivity index (χ3v) is 1.97. The third-order valence-electron chi connectivity index (χ3n) is 1.44. The SMILES string of the molecule is Cc1c(S)c(NN)nn1C. The molecule has 0 amide bonds. The van der Waals surface area contributed by atoms with Crippen molar-refractivity contribution in [2.75, 3.05) is 5.43 Å². The summed E-state index contributed by atoms with van der Waals surface area (Å²) in [7, 11) is 1.84. The molecule has 3 N–H and O–H groups in total. The van der Waals surface area contributed by atoms with E-state index >= 15 is 0 Å². The largest absolute Gasteiger partial charge is 0.306 e. The van der Waals surface area contributed by atoms with Gasteiger partial charge < -0.3 is 5.43 Å². The van der Waals surface area contributed by atoms with Gasteiger partial charge >= 0.3 is 0 Å². The first-order valence-corrected chi connectivity index (χ1v) is 3.30. The van der Waals surface area contributed by atoms with Crippen molar-refractivity contribution in [1.82, 2.24) is 9.78 Å². The van der Waals surface area contributed by atoms with Crippen molar-refractivity contribution in [1.29, 1.82) is 0 Å². The summed E-state index contributed by atoms with van der Waals surface area (Å²) < 4.78 is 1.72. The van der Waals surface area contributed by atoms with E-state index in [-0.39, 0.29) is 0 Å². The van der Waals surface area contributed by atoms with E-state index in [4.69, 9.17) is 5.84 Å². The van der Waals surface area contributed by atoms with Gasteiger partial charge in [0.05, 0.1) is 10.6 Å². The van der Waals surface area contributed by atoms with E-state index in [1.807, 2.05) is 14.0 Å². The quantitative estimate of drug-likeness (QED) is 0.313. The lowest BCUT2D eigenvalue weighted by molar-refractivity contribution is 0.738. The number of anilines is 1. The van der Waals surface area contributed by atoms with Crippen LogP contribution in [0.25, 0.3) is 0 Å². The molecule has 1 rings (SSSR count). The lowest BCUT2D eigenvalue weighted by Gasteiger charge is -1.91. The van der Waals surface area contributed by atoms with Crippen molar-refractivity contribution in [3.05, 3.63) is 5.69 Å². The minimum absolute atomic E-state index is 0.614. The van der Waals surface area contributed by atoms with Crippen molar-refractivity contribution in [3.8, 4) is 0 Å². The van der Waals surface area contributed by atoms with Crippen LogP contribution in [0.4, 0.5) is 5.82 Å². The van der Waals surface area contributed by atoms with Gasteiger partial charge in [-0.1, -0.05) is 0 Å².